The minimum absolute atomic E-state index is 0.0632. The van der Waals surface area contributed by atoms with Gasteiger partial charge in [-0.1, -0.05) is 69.0 Å². The third kappa shape index (κ3) is 6.70. The summed E-state index contributed by atoms with van der Waals surface area (Å²) in [5.41, 5.74) is 0. The first-order valence-electron chi connectivity index (χ1n) is 8.89. The molecule has 0 spiro atoms. The second kappa shape index (κ2) is 10.7. The van der Waals surface area contributed by atoms with Crippen molar-refractivity contribution in [2.75, 3.05) is 13.2 Å². The minimum atomic E-state index is -0.253. The Morgan fingerprint density at radius 2 is 1.80 bits per heavy atom. The number of fused-ring (bicyclic) bond motifs is 1. The summed E-state index contributed by atoms with van der Waals surface area (Å²) >= 11 is 5.14. The lowest BCUT2D eigenvalue weighted by Crippen LogP contribution is -2.41. The molecule has 2 aromatic carbocycles. The molecule has 0 fully saturated rings. The number of rotatable bonds is 9. The summed E-state index contributed by atoms with van der Waals surface area (Å²) in [6.07, 6.45) is 5.99. The van der Waals surface area contributed by atoms with E-state index >= 15 is 0 Å². The minimum Gasteiger partial charge on any atom is -0.483 e. The van der Waals surface area contributed by atoms with E-state index in [0.717, 1.165) is 23.7 Å². The summed E-state index contributed by atoms with van der Waals surface area (Å²) in [6.45, 7) is 2.92. The molecule has 0 radical (unpaired) electrons. The predicted molar refractivity (Wildman–Crippen MR) is 107 cm³/mol. The van der Waals surface area contributed by atoms with E-state index in [1.807, 2.05) is 42.5 Å². The molecule has 0 saturated carbocycles. The highest BCUT2D eigenvalue weighted by Crippen LogP contribution is 2.24. The fourth-order valence-electron chi connectivity index (χ4n) is 2.60. The average Bonchev–Trinajstić information content (AvgIpc) is 2.63. The number of amides is 1. The van der Waals surface area contributed by atoms with Crippen molar-refractivity contribution < 1.29 is 9.53 Å². The SMILES string of the molecule is CCCCCCCNC(=S)NC(=O)COc1cccc2ccccc12. The smallest absolute Gasteiger partial charge is 0.264 e. The summed E-state index contributed by atoms with van der Waals surface area (Å²) in [6, 6.07) is 13.7. The van der Waals surface area contributed by atoms with Crippen LogP contribution in [0.4, 0.5) is 0 Å². The first-order chi connectivity index (χ1) is 12.2. The summed E-state index contributed by atoms with van der Waals surface area (Å²) < 4.78 is 5.65. The van der Waals surface area contributed by atoms with E-state index in [1.54, 1.807) is 0 Å². The van der Waals surface area contributed by atoms with E-state index in [1.165, 1.54) is 25.7 Å². The van der Waals surface area contributed by atoms with Crippen LogP contribution in [0.5, 0.6) is 5.75 Å². The average molecular weight is 359 g/mol. The molecule has 134 valence electrons. The number of carbonyl (C=O) groups is 1. The Morgan fingerprint density at radius 3 is 2.64 bits per heavy atom. The summed E-state index contributed by atoms with van der Waals surface area (Å²) in [5, 5.41) is 8.16. The Hall–Kier alpha value is -2.14. The Morgan fingerprint density at radius 1 is 1.04 bits per heavy atom. The molecule has 0 aliphatic heterocycles. The largest absolute Gasteiger partial charge is 0.483 e. The van der Waals surface area contributed by atoms with Crippen LogP contribution < -0.4 is 15.4 Å². The van der Waals surface area contributed by atoms with Gasteiger partial charge < -0.3 is 15.4 Å². The highest BCUT2D eigenvalue weighted by Gasteiger charge is 2.07. The second-order valence-corrected chi connectivity index (χ2v) is 6.39. The van der Waals surface area contributed by atoms with Crippen LogP contribution in [0.25, 0.3) is 10.8 Å². The molecule has 0 bridgehead atoms. The van der Waals surface area contributed by atoms with Crippen molar-refractivity contribution in [3.05, 3.63) is 42.5 Å². The van der Waals surface area contributed by atoms with Crippen molar-refractivity contribution in [1.29, 1.82) is 0 Å². The van der Waals surface area contributed by atoms with Crippen molar-refractivity contribution in [1.82, 2.24) is 10.6 Å². The quantitative estimate of drug-likeness (QED) is 0.521. The zero-order chi connectivity index (χ0) is 17.9. The number of carbonyl (C=O) groups excluding carboxylic acids is 1. The van der Waals surface area contributed by atoms with E-state index in [9.17, 15) is 4.79 Å². The maximum atomic E-state index is 12.0. The van der Waals surface area contributed by atoms with Gasteiger partial charge >= 0.3 is 0 Å². The van der Waals surface area contributed by atoms with Crippen LogP contribution in [-0.2, 0) is 4.79 Å². The van der Waals surface area contributed by atoms with Crippen LogP contribution in [-0.4, -0.2) is 24.2 Å². The van der Waals surface area contributed by atoms with Crippen LogP contribution in [0, 0.1) is 0 Å². The Bertz CT molecular complexity index is 698. The third-order valence-corrected chi connectivity index (χ3v) is 4.17. The van der Waals surface area contributed by atoms with E-state index < -0.39 is 0 Å². The molecule has 1 amide bonds. The lowest BCUT2D eigenvalue weighted by molar-refractivity contribution is -0.121. The molecule has 0 unspecified atom stereocenters. The normalized spacial score (nSPS) is 10.4. The second-order valence-electron chi connectivity index (χ2n) is 5.98. The van der Waals surface area contributed by atoms with Crippen LogP contribution in [0.3, 0.4) is 0 Å². The molecule has 0 heterocycles. The first-order valence-corrected chi connectivity index (χ1v) is 9.29. The molecule has 4 nitrogen and oxygen atoms in total. The Labute approximate surface area is 154 Å². The van der Waals surface area contributed by atoms with Crippen molar-refractivity contribution in [2.45, 2.75) is 39.0 Å². The number of hydrogen-bond donors (Lipinski definition) is 2. The van der Waals surface area contributed by atoms with Gasteiger partial charge in [0.2, 0.25) is 0 Å². The molecule has 2 rings (SSSR count). The van der Waals surface area contributed by atoms with Gasteiger partial charge in [0.1, 0.15) is 5.75 Å². The van der Waals surface area contributed by atoms with Crippen molar-refractivity contribution >= 4 is 34.0 Å². The Kier molecular flexibility index (Phi) is 8.19. The van der Waals surface area contributed by atoms with Gasteiger partial charge in [0.25, 0.3) is 5.91 Å². The molecule has 0 saturated heterocycles. The van der Waals surface area contributed by atoms with E-state index in [-0.39, 0.29) is 12.5 Å². The number of hydrogen-bond acceptors (Lipinski definition) is 3. The van der Waals surface area contributed by atoms with Crippen molar-refractivity contribution in [3.63, 3.8) is 0 Å². The number of unbranched alkanes of at least 4 members (excludes halogenated alkanes) is 4. The summed E-state index contributed by atoms with van der Waals surface area (Å²) in [7, 11) is 0. The third-order valence-electron chi connectivity index (χ3n) is 3.93. The molecule has 0 aliphatic rings. The maximum absolute atomic E-state index is 12.0. The van der Waals surface area contributed by atoms with Gasteiger partial charge in [-0.15, -0.1) is 0 Å². The standard InChI is InChI=1S/C20H26N2O2S/c1-2-3-4-5-8-14-21-20(25)22-19(23)15-24-18-13-9-11-16-10-6-7-12-17(16)18/h6-7,9-13H,2-5,8,14-15H2,1H3,(H2,21,22,23,25). The first kappa shape index (κ1) is 19.2. The van der Waals surface area contributed by atoms with Crippen LogP contribution in [0.2, 0.25) is 0 Å². The summed E-state index contributed by atoms with van der Waals surface area (Å²) in [4.78, 5) is 12.0. The molecule has 0 atom stereocenters. The zero-order valence-electron chi connectivity index (χ0n) is 14.7. The lowest BCUT2D eigenvalue weighted by atomic mass is 10.1. The molecule has 0 aromatic heterocycles. The van der Waals surface area contributed by atoms with Gasteiger partial charge in [-0.05, 0) is 30.1 Å². The molecular formula is C20H26N2O2S. The highest BCUT2D eigenvalue weighted by atomic mass is 32.1. The number of nitrogens with one attached hydrogen (secondary N) is 2. The van der Waals surface area contributed by atoms with Gasteiger partial charge in [0, 0.05) is 11.9 Å². The van der Waals surface area contributed by atoms with Gasteiger partial charge in [0.15, 0.2) is 11.7 Å². The van der Waals surface area contributed by atoms with E-state index in [2.05, 4.69) is 17.6 Å². The predicted octanol–water partition coefficient (Wildman–Crippen LogP) is 4.18. The molecule has 2 N–H and O–H groups in total. The number of ether oxygens (including phenoxy) is 1. The van der Waals surface area contributed by atoms with Crippen LogP contribution in [0.15, 0.2) is 42.5 Å². The molecule has 25 heavy (non-hydrogen) atoms. The fraction of sp³-hybridized carbons (Fsp3) is 0.400. The molecule has 5 heteroatoms. The van der Waals surface area contributed by atoms with Gasteiger partial charge in [0.05, 0.1) is 0 Å². The monoisotopic (exact) mass is 358 g/mol. The Balaban J connectivity index is 1.70. The maximum Gasteiger partial charge on any atom is 0.264 e. The highest BCUT2D eigenvalue weighted by molar-refractivity contribution is 7.80. The fourth-order valence-corrected chi connectivity index (χ4v) is 2.82. The van der Waals surface area contributed by atoms with Crippen LogP contribution >= 0.6 is 12.2 Å². The number of thiocarbonyl (C=S) groups is 1. The van der Waals surface area contributed by atoms with Gasteiger partial charge in [-0.2, -0.15) is 0 Å². The van der Waals surface area contributed by atoms with E-state index in [4.69, 9.17) is 17.0 Å². The van der Waals surface area contributed by atoms with Crippen LogP contribution in [0.1, 0.15) is 39.0 Å². The molecule has 0 aliphatic carbocycles. The topological polar surface area (TPSA) is 50.4 Å². The van der Waals surface area contributed by atoms with Crippen molar-refractivity contribution in [2.24, 2.45) is 0 Å². The van der Waals surface area contributed by atoms with E-state index in [0.29, 0.717) is 10.9 Å². The molecular weight excluding hydrogens is 332 g/mol. The zero-order valence-corrected chi connectivity index (χ0v) is 15.5. The van der Waals surface area contributed by atoms with Gasteiger partial charge in [-0.25, -0.2) is 0 Å². The van der Waals surface area contributed by atoms with Gasteiger partial charge in [-0.3, -0.25) is 4.79 Å². The number of benzene rings is 2. The summed E-state index contributed by atoms with van der Waals surface area (Å²) in [5.74, 6) is 0.444. The lowest BCUT2D eigenvalue weighted by Gasteiger charge is -2.11. The molecule has 2 aromatic rings. The van der Waals surface area contributed by atoms with Crippen molar-refractivity contribution in [3.8, 4) is 5.75 Å².